The number of nitrogens with one attached hydrogen (secondary N) is 1. The molecule has 0 aliphatic carbocycles. The maximum atomic E-state index is 13.5. The summed E-state index contributed by atoms with van der Waals surface area (Å²) in [5.41, 5.74) is -0.225. The topological polar surface area (TPSA) is 35.8 Å². The first-order valence-corrected chi connectivity index (χ1v) is 6.19. The summed E-state index contributed by atoms with van der Waals surface area (Å²) in [6.07, 6.45) is 0. The largest absolute Gasteiger partial charge is 0.293 e. The van der Waals surface area contributed by atoms with Gasteiger partial charge in [-0.2, -0.15) is 5.26 Å². The quantitative estimate of drug-likeness (QED) is 0.919. The molecule has 2 rings (SSSR count). The molecule has 1 aromatic heterocycles. The van der Waals surface area contributed by atoms with Crippen LogP contribution in [-0.4, -0.2) is 0 Å². The molecule has 0 fully saturated rings. The molecule has 0 spiro atoms. The molecule has 1 heterocycles. The monoisotopic (exact) mass is 264 g/mol. The van der Waals surface area contributed by atoms with Gasteiger partial charge in [0.15, 0.2) is 0 Å². The fourth-order valence-corrected chi connectivity index (χ4v) is 2.27. The third-order valence-electron chi connectivity index (χ3n) is 2.48. The highest BCUT2D eigenvalue weighted by molar-refractivity contribution is 7.09. The van der Waals surface area contributed by atoms with E-state index in [4.69, 9.17) is 5.26 Å². The first kappa shape index (κ1) is 12.7. The van der Waals surface area contributed by atoms with E-state index in [0.29, 0.717) is 6.54 Å². The zero-order valence-corrected chi connectivity index (χ0v) is 10.2. The van der Waals surface area contributed by atoms with E-state index < -0.39 is 17.7 Å². The number of benzene rings is 1. The van der Waals surface area contributed by atoms with E-state index >= 15 is 0 Å². The van der Waals surface area contributed by atoms with Crippen molar-refractivity contribution in [3.63, 3.8) is 0 Å². The third kappa shape index (κ3) is 2.73. The molecular weight excluding hydrogens is 254 g/mol. The number of hydrogen-bond donors (Lipinski definition) is 1. The van der Waals surface area contributed by atoms with Crippen LogP contribution >= 0.6 is 11.3 Å². The van der Waals surface area contributed by atoms with Crippen LogP contribution in [0.15, 0.2) is 35.7 Å². The summed E-state index contributed by atoms with van der Waals surface area (Å²) in [5.74, 6) is -1.42. The van der Waals surface area contributed by atoms with Crippen molar-refractivity contribution < 1.29 is 8.78 Å². The first-order chi connectivity index (χ1) is 8.72. The molecule has 1 atom stereocenters. The van der Waals surface area contributed by atoms with Gasteiger partial charge >= 0.3 is 0 Å². The molecule has 1 aromatic carbocycles. The minimum Gasteiger partial charge on any atom is -0.293 e. The van der Waals surface area contributed by atoms with Gasteiger partial charge in [0.25, 0.3) is 0 Å². The van der Waals surface area contributed by atoms with Crippen LogP contribution in [0.5, 0.6) is 0 Å². The molecule has 1 unspecified atom stereocenters. The molecular formula is C13H10F2N2S. The van der Waals surface area contributed by atoms with Gasteiger partial charge in [0.1, 0.15) is 17.7 Å². The van der Waals surface area contributed by atoms with Crippen LogP contribution in [-0.2, 0) is 6.54 Å². The van der Waals surface area contributed by atoms with Crippen molar-refractivity contribution >= 4 is 11.3 Å². The highest BCUT2D eigenvalue weighted by Gasteiger charge is 2.19. The summed E-state index contributed by atoms with van der Waals surface area (Å²) < 4.78 is 27.0. The van der Waals surface area contributed by atoms with Crippen molar-refractivity contribution in [1.82, 2.24) is 5.32 Å². The summed E-state index contributed by atoms with van der Waals surface area (Å²) in [5, 5.41) is 13.8. The Balaban J connectivity index is 2.16. The molecule has 0 saturated heterocycles. The van der Waals surface area contributed by atoms with E-state index in [9.17, 15) is 8.78 Å². The molecule has 0 saturated carbocycles. The average Bonchev–Trinajstić information content (AvgIpc) is 2.86. The van der Waals surface area contributed by atoms with Gasteiger partial charge in [-0.1, -0.05) is 12.1 Å². The average molecular weight is 264 g/mol. The van der Waals surface area contributed by atoms with Crippen molar-refractivity contribution in [3.05, 3.63) is 57.8 Å². The van der Waals surface area contributed by atoms with Crippen LogP contribution in [0.1, 0.15) is 16.5 Å². The summed E-state index contributed by atoms with van der Waals surface area (Å²) in [7, 11) is 0. The summed E-state index contributed by atoms with van der Waals surface area (Å²) in [6, 6.07) is 8.23. The highest BCUT2D eigenvalue weighted by atomic mass is 32.1. The van der Waals surface area contributed by atoms with E-state index in [-0.39, 0.29) is 5.56 Å². The van der Waals surface area contributed by atoms with Gasteiger partial charge in [-0.05, 0) is 23.6 Å². The van der Waals surface area contributed by atoms with E-state index in [1.54, 1.807) is 0 Å². The summed E-state index contributed by atoms with van der Waals surface area (Å²) in [6.45, 7) is 0.406. The standard InChI is InChI=1S/C13H10F2N2S/c14-10-4-1-5-11(15)13(10)12(7-16)17-8-9-3-2-6-18-9/h1-6,12,17H,8H2. The number of nitrogens with zero attached hydrogens (tertiary/aromatic N) is 1. The Morgan fingerprint density at radius 2 is 1.94 bits per heavy atom. The fraction of sp³-hybridized carbons (Fsp3) is 0.154. The fourth-order valence-electron chi connectivity index (χ4n) is 1.61. The molecule has 5 heteroatoms. The molecule has 0 aliphatic rings. The Hall–Kier alpha value is -1.77. The van der Waals surface area contributed by atoms with E-state index in [0.717, 1.165) is 17.0 Å². The lowest BCUT2D eigenvalue weighted by atomic mass is 10.1. The number of rotatable bonds is 4. The molecule has 2 nitrogen and oxygen atoms in total. The van der Waals surface area contributed by atoms with Crippen LogP contribution in [0, 0.1) is 23.0 Å². The molecule has 0 bridgehead atoms. The molecule has 2 aromatic rings. The van der Waals surface area contributed by atoms with Crippen LogP contribution in [0.4, 0.5) is 8.78 Å². The van der Waals surface area contributed by atoms with Gasteiger partial charge < -0.3 is 0 Å². The van der Waals surface area contributed by atoms with E-state index in [1.165, 1.54) is 17.4 Å². The Morgan fingerprint density at radius 3 is 2.50 bits per heavy atom. The molecule has 92 valence electrons. The zero-order valence-electron chi connectivity index (χ0n) is 9.36. The second-order valence-corrected chi connectivity index (χ2v) is 4.69. The van der Waals surface area contributed by atoms with Gasteiger partial charge in [0.2, 0.25) is 0 Å². The molecule has 0 amide bonds. The smallest absolute Gasteiger partial charge is 0.131 e. The maximum Gasteiger partial charge on any atom is 0.131 e. The van der Waals surface area contributed by atoms with Gasteiger partial charge in [0, 0.05) is 11.4 Å². The lowest BCUT2D eigenvalue weighted by Gasteiger charge is -2.12. The van der Waals surface area contributed by atoms with E-state index in [1.807, 2.05) is 23.6 Å². The summed E-state index contributed by atoms with van der Waals surface area (Å²) in [4.78, 5) is 1.01. The van der Waals surface area contributed by atoms with Gasteiger partial charge in [-0.25, -0.2) is 8.78 Å². The van der Waals surface area contributed by atoms with Crippen molar-refractivity contribution in [2.75, 3.05) is 0 Å². The Bertz CT molecular complexity index is 541. The van der Waals surface area contributed by atoms with Crippen LogP contribution < -0.4 is 5.32 Å². The van der Waals surface area contributed by atoms with Crippen molar-refractivity contribution in [2.45, 2.75) is 12.6 Å². The molecule has 0 aliphatic heterocycles. The van der Waals surface area contributed by atoms with Crippen LogP contribution in [0.3, 0.4) is 0 Å². The van der Waals surface area contributed by atoms with Gasteiger partial charge in [0.05, 0.1) is 11.6 Å². The number of halogens is 2. The normalized spacial score (nSPS) is 12.1. The second kappa shape index (κ2) is 5.71. The lowest BCUT2D eigenvalue weighted by molar-refractivity contribution is 0.515. The van der Waals surface area contributed by atoms with Gasteiger partial charge in [-0.15, -0.1) is 11.3 Å². The number of hydrogen-bond acceptors (Lipinski definition) is 3. The van der Waals surface area contributed by atoms with Crippen molar-refractivity contribution in [3.8, 4) is 6.07 Å². The van der Waals surface area contributed by atoms with Crippen molar-refractivity contribution in [1.29, 1.82) is 5.26 Å². The molecule has 1 N–H and O–H groups in total. The maximum absolute atomic E-state index is 13.5. The first-order valence-electron chi connectivity index (χ1n) is 5.31. The van der Waals surface area contributed by atoms with Crippen LogP contribution in [0.25, 0.3) is 0 Å². The third-order valence-corrected chi connectivity index (χ3v) is 3.35. The molecule has 18 heavy (non-hydrogen) atoms. The predicted molar refractivity (Wildman–Crippen MR) is 65.9 cm³/mol. The number of thiophene rings is 1. The Morgan fingerprint density at radius 1 is 1.22 bits per heavy atom. The van der Waals surface area contributed by atoms with Gasteiger partial charge in [-0.3, -0.25) is 5.32 Å². The lowest BCUT2D eigenvalue weighted by Crippen LogP contribution is -2.21. The second-order valence-electron chi connectivity index (χ2n) is 3.66. The summed E-state index contributed by atoms with van der Waals surface area (Å²) >= 11 is 1.52. The Kier molecular flexibility index (Phi) is 4.03. The zero-order chi connectivity index (χ0) is 13.0. The van der Waals surface area contributed by atoms with Crippen molar-refractivity contribution in [2.24, 2.45) is 0 Å². The Labute approximate surface area is 107 Å². The number of nitriles is 1. The minimum absolute atomic E-state index is 0.225. The van der Waals surface area contributed by atoms with Crippen LogP contribution in [0.2, 0.25) is 0 Å². The SMILES string of the molecule is N#CC(NCc1cccs1)c1c(F)cccc1F. The minimum atomic E-state index is -0.992. The molecule has 0 radical (unpaired) electrons. The predicted octanol–water partition coefficient (Wildman–Crippen LogP) is 3.38. The highest BCUT2D eigenvalue weighted by Crippen LogP contribution is 2.21. The van der Waals surface area contributed by atoms with E-state index in [2.05, 4.69) is 5.32 Å².